The second kappa shape index (κ2) is 8.11. The average molecular weight is 251 g/mol. The van der Waals surface area contributed by atoms with E-state index in [4.69, 9.17) is 4.74 Å². The van der Waals surface area contributed by atoms with E-state index in [1.54, 1.807) is 7.11 Å². The first-order valence-corrected chi connectivity index (χ1v) is 6.70. The van der Waals surface area contributed by atoms with Crippen LogP contribution in [0.1, 0.15) is 32.3 Å². The molecule has 0 aliphatic rings. The third-order valence-electron chi connectivity index (χ3n) is 3.20. The molecule has 0 aliphatic heterocycles. The molecule has 0 radical (unpaired) electrons. The van der Waals surface area contributed by atoms with Crippen LogP contribution >= 0.6 is 0 Å². The number of nitrogens with one attached hydrogen (secondary N) is 1. The molecule has 0 heterocycles. The van der Waals surface area contributed by atoms with E-state index in [0.29, 0.717) is 12.6 Å². The molecule has 0 amide bonds. The Labute approximate surface area is 110 Å². The molecule has 0 fully saturated rings. The van der Waals surface area contributed by atoms with E-state index >= 15 is 0 Å². The Bertz CT molecular complexity index is 324. The Hall–Kier alpha value is -1.06. The SMILES string of the molecule is CCC(O)CNC(C)CCc1ccc(OC)cc1. The van der Waals surface area contributed by atoms with Crippen molar-refractivity contribution in [2.45, 2.75) is 45.3 Å². The molecule has 3 nitrogen and oxygen atoms in total. The number of aliphatic hydroxyl groups is 1. The van der Waals surface area contributed by atoms with Crippen LogP contribution in [-0.2, 0) is 6.42 Å². The summed E-state index contributed by atoms with van der Waals surface area (Å²) in [5.74, 6) is 0.899. The van der Waals surface area contributed by atoms with E-state index in [1.165, 1.54) is 5.56 Å². The van der Waals surface area contributed by atoms with Crippen molar-refractivity contribution in [1.82, 2.24) is 5.32 Å². The lowest BCUT2D eigenvalue weighted by Gasteiger charge is -2.16. The molecule has 0 saturated heterocycles. The molecule has 0 aliphatic carbocycles. The van der Waals surface area contributed by atoms with Gasteiger partial charge >= 0.3 is 0 Å². The zero-order valence-electron chi connectivity index (χ0n) is 11.6. The van der Waals surface area contributed by atoms with Gasteiger partial charge in [-0.2, -0.15) is 0 Å². The molecule has 102 valence electrons. The number of benzene rings is 1. The van der Waals surface area contributed by atoms with Gasteiger partial charge in [-0.15, -0.1) is 0 Å². The van der Waals surface area contributed by atoms with E-state index in [1.807, 2.05) is 19.1 Å². The number of aliphatic hydroxyl groups excluding tert-OH is 1. The number of hydrogen-bond donors (Lipinski definition) is 2. The third kappa shape index (κ3) is 5.52. The summed E-state index contributed by atoms with van der Waals surface area (Å²) in [6, 6.07) is 8.62. The highest BCUT2D eigenvalue weighted by atomic mass is 16.5. The predicted octanol–water partition coefficient (Wildman–Crippen LogP) is 2.38. The van der Waals surface area contributed by atoms with E-state index in [0.717, 1.165) is 25.0 Å². The minimum atomic E-state index is -0.228. The fourth-order valence-electron chi connectivity index (χ4n) is 1.76. The van der Waals surface area contributed by atoms with Gasteiger partial charge in [0.05, 0.1) is 13.2 Å². The van der Waals surface area contributed by atoms with Crippen molar-refractivity contribution in [2.24, 2.45) is 0 Å². The Morgan fingerprint density at radius 3 is 2.50 bits per heavy atom. The quantitative estimate of drug-likeness (QED) is 0.745. The summed E-state index contributed by atoms with van der Waals surface area (Å²) < 4.78 is 5.13. The first-order valence-electron chi connectivity index (χ1n) is 6.70. The minimum Gasteiger partial charge on any atom is -0.497 e. The molecule has 0 spiro atoms. The molecule has 2 atom stereocenters. The van der Waals surface area contributed by atoms with Crippen LogP contribution in [0.3, 0.4) is 0 Å². The highest BCUT2D eigenvalue weighted by Crippen LogP contribution is 2.13. The van der Waals surface area contributed by atoms with Gasteiger partial charge in [-0.3, -0.25) is 0 Å². The van der Waals surface area contributed by atoms with Crippen molar-refractivity contribution in [3.05, 3.63) is 29.8 Å². The first-order chi connectivity index (χ1) is 8.65. The summed E-state index contributed by atoms with van der Waals surface area (Å²) in [7, 11) is 1.68. The van der Waals surface area contributed by atoms with Gasteiger partial charge in [-0.1, -0.05) is 19.1 Å². The molecule has 18 heavy (non-hydrogen) atoms. The number of hydrogen-bond acceptors (Lipinski definition) is 3. The lowest BCUT2D eigenvalue weighted by atomic mass is 10.1. The maximum absolute atomic E-state index is 9.47. The number of ether oxygens (including phenoxy) is 1. The minimum absolute atomic E-state index is 0.228. The summed E-state index contributed by atoms with van der Waals surface area (Å²) in [4.78, 5) is 0. The predicted molar refractivity (Wildman–Crippen MR) is 75.1 cm³/mol. The fourth-order valence-corrected chi connectivity index (χ4v) is 1.76. The molecule has 2 N–H and O–H groups in total. The summed E-state index contributed by atoms with van der Waals surface area (Å²) in [5, 5.41) is 12.8. The second-order valence-corrected chi connectivity index (χ2v) is 4.76. The molecular formula is C15H25NO2. The van der Waals surface area contributed by atoms with Crippen molar-refractivity contribution in [1.29, 1.82) is 0 Å². The normalized spacial score (nSPS) is 14.2. The van der Waals surface area contributed by atoms with Crippen molar-refractivity contribution < 1.29 is 9.84 Å². The van der Waals surface area contributed by atoms with Crippen molar-refractivity contribution in [3.63, 3.8) is 0 Å². The van der Waals surface area contributed by atoms with Gasteiger partial charge in [-0.05, 0) is 43.9 Å². The van der Waals surface area contributed by atoms with Crippen molar-refractivity contribution >= 4 is 0 Å². The lowest BCUT2D eigenvalue weighted by Crippen LogP contribution is -2.33. The number of rotatable bonds is 8. The van der Waals surface area contributed by atoms with Gasteiger partial charge in [0.25, 0.3) is 0 Å². The van der Waals surface area contributed by atoms with Gasteiger partial charge in [0.2, 0.25) is 0 Å². The molecule has 0 saturated carbocycles. The van der Waals surface area contributed by atoms with E-state index in [2.05, 4.69) is 24.4 Å². The van der Waals surface area contributed by atoms with Crippen LogP contribution in [0.5, 0.6) is 5.75 Å². The van der Waals surface area contributed by atoms with Crippen LogP contribution in [0.2, 0.25) is 0 Å². The van der Waals surface area contributed by atoms with Crippen LogP contribution < -0.4 is 10.1 Å². The smallest absolute Gasteiger partial charge is 0.118 e. The zero-order valence-corrected chi connectivity index (χ0v) is 11.6. The highest BCUT2D eigenvalue weighted by molar-refractivity contribution is 5.27. The number of aryl methyl sites for hydroxylation is 1. The van der Waals surface area contributed by atoms with Gasteiger partial charge < -0.3 is 15.2 Å². The summed E-state index contributed by atoms with van der Waals surface area (Å²) in [5.41, 5.74) is 1.32. The molecular weight excluding hydrogens is 226 g/mol. The van der Waals surface area contributed by atoms with Crippen LogP contribution in [-0.4, -0.2) is 30.9 Å². The standard InChI is InChI=1S/C15H25NO2/c1-4-14(17)11-16-12(2)5-6-13-7-9-15(18-3)10-8-13/h7-10,12,14,16-17H,4-6,11H2,1-3H3. The topological polar surface area (TPSA) is 41.5 Å². The number of methoxy groups -OCH3 is 1. The molecule has 3 heteroatoms. The van der Waals surface area contributed by atoms with Crippen molar-refractivity contribution in [2.75, 3.05) is 13.7 Å². The average Bonchev–Trinajstić information content (AvgIpc) is 2.42. The molecule has 0 aromatic heterocycles. The zero-order chi connectivity index (χ0) is 13.4. The van der Waals surface area contributed by atoms with Gasteiger partial charge in [0.1, 0.15) is 5.75 Å². The molecule has 0 bridgehead atoms. The lowest BCUT2D eigenvalue weighted by molar-refractivity contribution is 0.163. The maximum atomic E-state index is 9.47. The molecule has 2 unspecified atom stereocenters. The Morgan fingerprint density at radius 2 is 1.94 bits per heavy atom. The molecule has 1 aromatic carbocycles. The van der Waals surface area contributed by atoms with E-state index in [-0.39, 0.29) is 6.10 Å². The third-order valence-corrected chi connectivity index (χ3v) is 3.20. The Kier molecular flexibility index (Phi) is 6.76. The Morgan fingerprint density at radius 1 is 1.28 bits per heavy atom. The van der Waals surface area contributed by atoms with Crippen molar-refractivity contribution in [3.8, 4) is 5.75 Å². The first kappa shape index (κ1) is 15.0. The summed E-state index contributed by atoms with van der Waals surface area (Å²) in [6.07, 6.45) is 2.69. The van der Waals surface area contributed by atoms with Crippen LogP contribution in [0, 0.1) is 0 Å². The molecule has 1 aromatic rings. The van der Waals surface area contributed by atoms with Crippen LogP contribution in [0.15, 0.2) is 24.3 Å². The highest BCUT2D eigenvalue weighted by Gasteiger charge is 2.05. The summed E-state index contributed by atoms with van der Waals surface area (Å²) >= 11 is 0. The summed E-state index contributed by atoms with van der Waals surface area (Å²) in [6.45, 7) is 4.83. The van der Waals surface area contributed by atoms with Gasteiger partial charge in [0.15, 0.2) is 0 Å². The maximum Gasteiger partial charge on any atom is 0.118 e. The van der Waals surface area contributed by atoms with E-state index < -0.39 is 0 Å². The van der Waals surface area contributed by atoms with Crippen LogP contribution in [0.25, 0.3) is 0 Å². The second-order valence-electron chi connectivity index (χ2n) is 4.76. The fraction of sp³-hybridized carbons (Fsp3) is 0.600. The van der Waals surface area contributed by atoms with Gasteiger partial charge in [-0.25, -0.2) is 0 Å². The van der Waals surface area contributed by atoms with Gasteiger partial charge in [0, 0.05) is 12.6 Å². The van der Waals surface area contributed by atoms with Crippen LogP contribution in [0.4, 0.5) is 0 Å². The molecule has 1 rings (SSSR count). The monoisotopic (exact) mass is 251 g/mol. The Balaban J connectivity index is 2.26. The van der Waals surface area contributed by atoms with E-state index in [9.17, 15) is 5.11 Å². The largest absolute Gasteiger partial charge is 0.497 e.